The summed E-state index contributed by atoms with van der Waals surface area (Å²) in [5, 5.41) is 18.0. The highest BCUT2D eigenvalue weighted by Crippen LogP contribution is 2.41. The smallest absolute Gasteiger partial charge is 0.289 e. The molecule has 3 nitrogen and oxygen atoms in total. The highest BCUT2D eigenvalue weighted by atomic mass is 79.9. The van der Waals surface area contributed by atoms with E-state index in [9.17, 15) is 13.9 Å². The highest BCUT2D eigenvalue weighted by Gasteiger charge is 2.40. The molecular formula is C9H9BrClF2NO2. The van der Waals surface area contributed by atoms with Gasteiger partial charge in [0, 0.05) is 10.6 Å². The molecule has 0 aliphatic heterocycles. The predicted molar refractivity (Wildman–Crippen MR) is 59.8 cm³/mol. The highest BCUT2D eigenvalue weighted by molar-refractivity contribution is 9.10. The molecule has 0 radical (unpaired) electrons. The molecule has 0 spiro atoms. The van der Waals surface area contributed by atoms with Crippen LogP contribution in [0.4, 0.5) is 8.78 Å². The van der Waals surface area contributed by atoms with Crippen molar-refractivity contribution < 1.29 is 19.0 Å². The summed E-state index contributed by atoms with van der Waals surface area (Å²) >= 11 is 8.65. The molecule has 0 unspecified atom stereocenters. The number of aromatic hydroxyl groups is 1. The first-order chi connectivity index (χ1) is 7.31. The summed E-state index contributed by atoms with van der Waals surface area (Å²) in [5.41, 5.74) is 4.98. The quantitative estimate of drug-likeness (QED) is 0.802. The number of phenolic OH excluding ortho intramolecular Hbond substituents is 1. The van der Waals surface area contributed by atoms with Crippen molar-refractivity contribution >= 4 is 27.5 Å². The van der Waals surface area contributed by atoms with Crippen LogP contribution in [0, 0.1) is 0 Å². The molecule has 1 atom stereocenters. The number of rotatable bonds is 3. The third-order valence-corrected chi connectivity index (χ3v) is 3.06. The monoisotopic (exact) mass is 315 g/mol. The molecule has 0 fully saturated rings. The van der Waals surface area contributed by atoms with E-state index in [1.807, 2.05) is 0 Å². The Morgan fingerprint density at radius 3 is 2.56 bits per heavy atom. The number of nitrogens with two attached hydrogens (primary N) is 1. The van der Waals surface area contributed by atoms with Crippen molar-refractivity contribution in [2.24, 2.45) is 5.73 Å². The lowest BCUT2D eigenvalue weighted by Crippen LogP contribution is -2.36. The van der Waals surface area contributed by atoms with Crippen LogP contribution in [0.25, 0.3) is 0 Å². The van der Waals surface area contributed by atoms with Crippen molar-refractivity contribution in [2.75, 3.05) is 6.61 Å². The normalized spacial score (nSPS) is 13.9. The molecule has 0 saturated carbocycles. The minimum absolute atomic E-state index is 0.0821. The lowest BCUT2D eigenvalue weighted by Gasteiger charge is -2.23. The van der Waals surface area contributed by atoms with E-state index in [-0.39, 0.29) is 15.1 Å². The van der Waals surface area contributed by atoms with Gasteiger partial charge in [0.2, 0.25) is 0 Å². The molecule has 0 aliphatic carbocycles. The summed E-state index contributed by atoms with van der Waals surface area (Å²) in [5.74, 6) is -4.00. The van der Waals surface area contributed by atoms with Crippen molar-refractivity contribution in [1.29, 1.82) is 0 Å². The van der Waals surface area contributed by atoms with Crippen LogP contribution in [-0.4, -0.2) is 22.7 Å². The Hall–Kier alpha value is -0.430. The average Bonchev–Trinajstić information content (AvgIpc) is 2.24. The number of hydrogen-bond acceptors (Lipinski definition) is 3. The van der Waals surface area contributed by atoms with Crippen molar-refractivity contribution in [3.05, 3.63) is 27.2 Å². The zero-order valence-electron chi connectivity index (χ0n) is 7.92. The molecule has 1 aromatic rings. The van der Waals surface area contributed by atoms with Gasteiger partial charge >= 0.3 is 0 Å². The van der Waals surface area contributed by atoms with Gasteiger partial charge in [0.15, 0.2) is 0 Å². The Kier molecular flexibility index (Phi) is 4.12. The fourth-order valence-electron chi connectivity index (χ4n) is 1.16. The number of hydrogen-bond donors (Lipinski definition) is 3. The predicted octanol–water partition coefficient (Wildman–Crippen LogP) is 2.44. The average molecular weight is 317 g/mol. The first-order valence-electron chi connectivity index (χ1n) is 4.22. The molecule has 16 heavy (non-hydrogen) atoms. The maximum Gasteiger partial charge on any atom is 0.289 e. The van der Waals surface area contributed by atoms with E-state index in [1.165, 1.54) is 12.1 Å². The second kappa shape index (κ2) is 4.83. The SMILES string of the molecule is N[C@@H](c1c(Cl)ccc(Br)c1O)C(F)(F)CO. The van der Waals surface area contributed by atoms with Crippen LogP contribution in [0.1, 0.15) is 11.6 Å². The number of benzene rings is 1. The summed E-state index contributed by atoms with van der Waals surface area (Å²) in [6, 6.07) is 0.862. The summed E-state index contributed by atoms with van der Waals surface area (Å²) in [6.45, 7) is -1.42. The standard InChI is InChI=1S/C9H9BrClF2NO2/c10-4-1-2-5(11)6(7(4)16)8(14)9(12,13)3-15/h1-2,8,15-16H,3,14H2/t8-/m0/s1. The molecule has 0 amide bonds. The van der Waals surface area contributed by atoms with Gasteiger partial charge in [-0.3, -0.25) is 0 Å². The van der Waals surface area contributed by atoms with Crippen molar-refractivity contribution in [3.63, 3.8) is 0 Å². The van der Waals surface area contributed by atoms with Crippen LogP contribution in [0.5, 0.6) is 5.75 Å². The second-order valence-electron chi connectivity index (χ2n) is 3.19. The zero-order valence-corrected chi connectivity index (χ0v) is 10.3. The molecule has 1 aromatic carbocycles. The van der Waals surface area contributed by atoms with Gasteiger partial charge < -0.3 is 15.9 Å². The van der Waals surface area contributed by atoms with Gasteiger partial charge in [-0.25, -0.2) is 8.78 Å². The van der Waals surface area contributed by atoms with Crippen LogP contribution >= 0.6 is 27.5 Å². The molecule has 0 saturated heterocycles. The Bertz CT molecular complexity index is 403. The van der Waals surface area contributed by atoms with Crippen LogP contribution in [0.15, 0.2) is 16.6 Å². The van der Waals surface area contributed by atoms with E-state index in [1.54, 1.807) is 0 Å². The molecule has 0 aliphatic rings. The number of alkyl halides is 2. The molecule has 90 valence electrons. The van der Waals surface area contributed by atoms with E-state index in [0.717, 1.165) is 0 Å². The molecule has 1 rings (SSSR count). The molecular weight excluding hydrogens is 307 g/mol. The van der Waals surface area contributed by atoms with Crippen molar-refractivity contribution in [2.45, 2.75) is 12.0 Å². The Balaban J connectivity index is 3.28. The topological polar surface area (TPSA) is 66.5 Å². The summed E-state index contributed by atoms with van der Waals surface area (Å²) in [7, 11) is 0. The number of aliphatic hydroxyl groups excluding tert-OH is 1. The minimum atomic E-state index is -3.55. The minimum Gasteiger partial charge on any atom is -0.506 e. The number of halogens is 4. The third kappa shape index (κ3) is 2.45. The van der Waals surface area contributed by atoms with E-state index in [4.69, 9.17) is 22.4 Å². The first-order valence-corrected chi connectivity index (χ1v) is 5.39. The van der Waals surface area contributed by atoms with Crippen molar-refractivity contribution in [3.8, 4) is 5.75 Å². The largest absolute Gasteiger partial charge is 0.506 e. The van der Waals surface area contributed by atoms with Gasteiger partial charge in [0.05, 0.1) is 4.47 Å². The van der Waals surface area contributed by atoms with Gasteiger partial charge in [0.1, 0.15) is 18.4 Å². The zero-order chi connectivity index (χ0) is 12.5. The van der Waals surface area contributed by atoms with Gasteiger partial charge in [-0.05, 0) is 28.1 Å². The van der Waals surface area contributed by atoms with Crippen LogP contribution in [0.3, 0.4) is 0 Å². The summed E-state index contributed by atoms with van der Waals surface area (Å²) in [4.78, 5) is 0. The Labute approximate surface area is 104 Å². The lowest BCUT2D eigenvalue weighted by atomic mass is 10.0. The van der Waals surface area contributed by atoms with E-state index >= 15 is 0 Å². The van der Waals surface area contributed by atoms with E-state index < -0.39 is 24.3 Å². The maximum absolute atomic E-state index is 13.2. The van der Waals surface area contributed by atoms with Gasteiger partial charge in [-0.15, -0.1) is 0 Å². The van der Waals surface area contributed by atoms with Crippen LogP contribution in [0.2, 0.25) is 5.02 Å². The van der Waals surface area contributed by atoms with Crippen LogP contribution < -0.4 is 5.73 Å². The second-order valence-corrected chi connectivity index (χ2v) is 4.45. The molecule has 7 heteroatoms. The first kappa shape index (κ1) is 13.6. The van der Waals surface area contributed by atoms with E-state index in [0.29, 0.717) is 0 Å². The van der Waals surface area contributed by atoms with Gasteiger partial charge in [-0.2, -0.15) is 0 Å². The summed E-state index contributed by atoms with van der Waals surface area (Å²) < 4.78 is 26.5. The molecule has 0 aromatic heterocycles. The molecule has 0 heterocycles. The third-order valence-electron chi connectivity index (χ3n) is 2.09. The fourth-order valence-corrected chi connectivity index (χ4v) is 1.78. The number of aliphatic hydroxyl groups is 1. The van der Waals surface area contributed by atoms with Gasteiger partial charge in [-0.1, -0.05) is 11.6 Å². The van der Waals surface area contributed by atoms with Gasteiger partial charge in [0.25, 0.3) is 5.92 Å². The van der Waals surface area contributed by atoms with E-state index in [2.05, 4.69) is 15.9 Å². The molecule has 0 bridgehead atoms. The fraction of sp³-hybridized carbons (Fsp3) is 0.333. The lowest BCUT2D eigenvalue weighted by molar-refractivity contribution is -0.0715. The van der Waals surface area contributed by atoms with Crippen molar-refractivity contribution in [1.82, 2.24) is 0 Å². The molecule has 4 N–H and O–H groups in total. The number of phenols is 1. The maximum atomic E-state index is 13.2. The Morgan fingerprint density at radius 2 is 2.06 bits per heavy atom. The van der Waals surface area contributed by atoms with Crippen LogP contribution in [-0.2, 0) is 0 Å². The Morgan fingerprint density at radius 1 is 1.50 bits per heavy atom. The summed E-state index contributed by atoms with van der Waals surface area (Å²) in [6.07, 6.45) is 0.